The Bertz CT molecular complexity index is 1060. The fourth-order valence-corrected chi connectivity index (χ4v) is 3.31. The Morgan fingerprint density at radius 2 is 1.75 bits per heavy atom. The Hall–Kier alpha value is -2.80. The second-order valence-corrected chi connectivity index (χ2v) is 7.32. The van der Waals surface area contributed by atoms with Gasteiger partial charge in [0.2, 0.25) is 5.91 Å². The molecule has 0 radical (unpaired) electrons. The second kappa shape index (κ2) is 8.62. The number of halogens is 8. The predicted molar refractivity (Wildman–Crippen MR) is 98.8 cm³/mol. The Labute approximate surface area is 185 Å². The largest absolute Gasteiger partial charge is 0.434 e. The van der Waals surface area contributed by atoms with Gasteiger partial charge in [0, 0.05) is 18.3 Å². The summed E-state index contributed by atoms with van der Waals surface area (Å²) in [7, 11) is 0. The SMILES string of the molecule is O=C1NC[C@@H](C(=O)N[C@@H](c2cnc(C(F)(F)F)c(Cl)c2)c2ccc(Cl)c(C(F)(F)F)n2)N1. The fourth-order valence-electron chi connectivity index (χ4n) is 2.82. The molecule has 7 nitrogen and oxygen atoms in total. The number of alkyl halides is 6. The first-order chi connectivity index (χ1) is 14.8. The van der Waals surface area contributed by atoms with Crippen molar-refractivity contribution in [1.29, 1.82) is 0 Å². The van der Waals surface area contributed by atoms with E-state index in [-0.39, 0.29) is 12.1 Å². The molecule has 0 aliphatic carbocycles. The topological polar surface area (TPSA) is 96.0 Å². The van der Waals surface area contributed by atoms with Crippen LogP contribution in [-0.4, -0.2) is 34.5 Å². The zero-order valence-corrected chi connectivity index (χ0v) is 16.9. The van der Waals surface area contributed by atoms with Crippen molar-refractivity contribution in [3.63, 3.8) is 0 Å². The first kappa shape index (κ1) is 23.9. The number of carbonyl (C=O) groups is 2. The van der Waals surface area contributed by atoms with Gasteiger partial charge < -0.3 is 16.0 Å². The third-order valence-corrected chi connectivity index (χ3v) is 4.86. The van der Waals surface area contributed by atoms with Crippen LogP contribution in [0.15, 0.2) is 24.4 Å². The highest BCUT2D eigenvalue weighted by Gasteiger charge is 2.38. The standard InChI is InChI=1S/C17H11Cl2F6N5O2/c18-7-1-2-9(28-13(7)17(23,24)25)11(30-14(31)10-5-27-15(32)29-10)6-3-8(19)12(26-4-6)16(20,21)22/h1-4,10-11H,5H2,(H,30,31)(H2,27,29,32)/t10-,11-/m0/s1. The summed E-state index contributed by atoms with van der Waals surface area (Å²) in [5.41, 5.74) is -3.46. The second-order valence-electron chi connectivity index (χ2n) is 6.51. The predicted octanol–water partition coefficient (Wildman–Crippen LogP) is 3.71. The third-order valence-electron chi connectivity index (χ3n) is 4.27. The van der Waals surface area contributed by atoms with Gasteiger partial charge in [0.1, 0.15) is 6.04 Å². The molecule has 1 aliphatic rings. The van der Waals surface area contributed by atoms with Crippen LogP contribution in [0, 0.1) is 0 Å². The van der Waals surface area contributed by atoms with Gasteiger partial charge in [0.05, 0.1) is 21.8 Å². The molecule has 0 aromatic carbocycles. The molecule has 2 aromatic rings. The van der Waals surface area contributed by atoms with Crippen molar-refractivity contribution in [2.24, 2.45) is 0 Å². The van der Waals surface area contributed by atoms with Gasteiger partial charge in [-0.3, -0.25) is 4.79 Å². The van der Waals surface area contributed by atoms with E-state index in [1.165, 1.54) is 0 Å². The average Bonchev–Trinajstić information content (AvgIpc) is 3.11. The first-order valence-corrected chi connectivity index (χ1v) is 9.34. The van der Waals surface area contributed by atoms with Gasteiger partial charge in [-0.2, -0.15) is 26.3 Å². The van der Waals surface area contributed by atoms with Gasteiger partial charge >= 0.3 is 18.4 Å². The van der Waals surface area contributed by atoms with Crippen molar-refractivity contribution in [3.05, 3.63) is 57.1 Å². The lowest BCUT2D eigenvalue weighted by molar-refractivity contribution is -0.142. The van der Waals surface area contributed by atoms with Crippen LogP contribution < -0.4 is 16.0 Å². The number of hydrogen-bond donors (Lipinski definition) is 3. The van der Waals surface area contributed by atoms with Crippen LogP contribution in [0.5, 0.6) is 0 Å². The maximum atomic E-state index is 13.2. The van der Waals surface area contributed by atoms with E-state index in [0.29, 0.717) is 6.20 Å². The highest BCUT2D eigenvalue weighted by molar-refractivity contribution is 6.31. The molecule has 1 saturated heterocycles. The minimum absolute atomic E-state index is 0.120. The summed E-state index contributed by atoms with van der Waals surface area (Å²) < 4.78 is 78.6. The molecule has 3 heterocycles. The number of urea groups is 1. The summed E-state index contributed by atoms with van der Waals surface area (Å²) >= 11 is 11.2. The molecule has 3 amide bonds. The Morgan fingerprint density at radius 3 is 2.28 bits per heavy atom. The van der Waals surface area contributed by atoms with E-state index in [1.54, 1.807) is 0 Å². The lowest BCUT2D eigenvalue weighted by Gasteiger charge is -2.22. The van der Waals surface area contributed by atoms with Crippen molar-refractivity contribution in [3.8, 4) is 0 Å². The molecule has 3 N–H and O–H groups in total. The molecule has 1 aliphatic heterocycles. The number of nitrogens with zero attached hydrogens (tertiary/aromatic N) is 2. The van der Waals surface area contributed by atoms with E-state index in [9.17, 15) is 35.9 Å². The van der Waals surface area contributed by atoms with Crippen molar-refractivity contribution in [2.45, 2.75) is 24.4 Å². The molecule has 2 atom stereocenters. The number of pyridine rings is 2. The van der Waals surface area contributed by atoms with Crippen LogP contribution in [0.3, 0.4) is 0 Å². The summed E-state index contributed by atoms with van der Waals surface area (Å²) in [5, 5.41) is 5.39. The minimum Gasteiger partial charge on any atom is -0.342 e. The van der Waals surface area contributed by atoms with Crippen molar-refractivity contribution in [2.75, 3.05) is 6.54 Å². The van der Waals surface area contributed by atoms with E-state index in [4.69, 9.17) is 23.2 Å². The maximum Gasteiger partial charge on any atom is 0.434 e. The van der Waals surface area contributed by atoms with Crippen molar-refractivity contribution < 1.29 is 35.9 Å². The third kappa shape index (κ3) is 5.15. The number of rotatable bonds is 4. The van der Waals surface area contributed by atoms with Gasteiger partial charge in [0.15, 0.2) is 11.4 Å². The highest BCUT2D eigenvalue weighted by Crippen LogP contribution is 2.37. The molecule has 1 fully saturated rings. The molecule has 15 heteroatoms. The Balaban J connectivity index is 2.05. The van der Waals surface area contributed by atoms with Crippen LogP contribution in [0.1, 0.15) is 28.7 Å². The van der Waals surface area contributed by atoms with E-state index in [0.717, 1.165) is 18.2 Å². The maximum absolute atomic E-state index is 13.2. The number of carbonyl (C=O) groups excluding carboxylic acids is 2. The molecular weight excluding hydrogens is 491 g/mol. The van der Waals surface area contributed by atoms with Crippen molar-refractivity contribution >= 4 is 35.1 Å². The highest BCUT2D eigenvalue weighted by atomic mass is 35.5. The van der Waals surface area contributed by atoms with Crippen molar-refractivity contribution in [1.82, 2.24) is 25.9 Å². The van der Waals surface area contributed by atoms with Crippen LogP contribution in [0.4, 0.5) is 31.1 Å². The van der Waals surface area contributed by atoms with Crippen LogP contribution in [-0.2, 0) is 17.1 Å². The number of hydrogen-bond acceptors (Lipinski definition) is 4. The van der Waals surface area contributed by atoms with E-state index in [2.05, 4.69) is 25.9 Å². The molecule has 3 rings (SSSR count). The smallest absolute Gasteiger partial charge is 0.342 e. The monoisotopic (exact) mass is 501 g/mol. The molecule has 0 bridgehead atoms. The van der Waals surface area contributed by atoms with Gasteiger partial charge in [-0.05, 0) is 18.2 Å². The lowest BCUT2D eigenvalue weighted by Crippen LogP contribution is -2.44. The molecule has 32 heavy (non-hydrogen) atoms. The van der Waals surface area contributed by atoms with Crippen LogP contribution in [0.25, 0.3) is 0 Å². The fraction of sp³-hybridized carbons (Fsp3) is 0.294. The van der Waals surface area contributed by atoms with Gasteiger partial charge in [-0.1, -0.05) is 23.2 Å². The quantitative estimate of drug-likeness (QED) is 0.556. The first-order valence-electron chi connectivity index (χ1n) is 8.58. The molecule has 0 saturated carbocycles. The lowest BCUT2D eigenvalue weighted by atomic mass is 10.0. The zero-order valence-electron chi connectivity index (χ0n) is 15.4. The average molecular weight is 502 g/mol. The summed E-state index contributed by atoms with van der Waals surface area (Å²) in [6.07, 6.45) is -9.12. The normalized spacial score (nSPS) is 17.5. The minimum atomic E-state index is -4.94. The van der Waals surface area contributed by atoms with Crippen LogP contribution in [0.2, 0.25) is 10.0 Å². The number of nitrogens with one attached hydrogen (secondary N) is 3. The molecule has 0 spiro atoms. The Kier molecular flexibility index (Phi) is 6.43. The molecular formula is C17H11Cl2F6N5O2. The van der Waals surface area contributed by atoms with E-state index >= 15 is 0 Å². The summed E-state index contributed by atoms with van der Waals surface area (Å²) in [6.45, 7) is -0.120. The Morgan fingerprint density at radius 1 is 1.09 bits per heavy atom. The number of aromatic nitrogens is 2. The summed E-state index contributed by atoms with van der Waals surface area (Å²) in [5.74, 6) is -0.838. The van der Waals surface area contributed by atoms with Gasteiger partial charge in [0.25, 0.3) is 0 Å². The van der Waals surface area contributed by atoms with E-state index in [1.807, 2.05) is 0 Å². The molecule has 172 valence electrons. The molecule has 0 unspecified atom stereocenters. The number of amides is 3. The van der Waals surface area contributed by atoms with Gasteiger partial charge in [-0.25, -0.2) is 14.8 Å². The summed E-state index contributed by atoms with van der Waals surface area (Å²) in [4.78, 5) is 30.5. The summed E-state index contributed by atoms with van der Waals surface area (Å²) in [6, 6.07) is -0.492. The van der Waals surface area contributed by atoms with Gasteiger partial charge in [-0.15, -0.1) is 0 Å². The molecule has 2 aromatic heterocycles. The van der Waals surface area contributed by atoms with E-state index < -0.39 is 63.5 Å². The van der Waals surface area contributed by atoms with Crippen LogP contribution >= 0.6 is 23.2 Å². The zero-order chi connectivity index (χ0) is 23.8.